The summed E-state index contributed by atoms with van der Waals surface area (Å²) in [7, 11) is -7.58. The molecule has 3 N–H and O–H groups in total. The summed E-state index contributed by atoms with van der Waals surface area (Å²) in [5.74, 6) is -1.45. The number of amides is 2. The molecule has 0 aliphatic carbocycles. The number of nitrogens with zero attached hydrogens (tertiary/aromatic N) is 1. The fraction of sp³-hybridized carbons (Fsp3) is 0.176. The van der Waals surface area contributed by atoms with E-state index < -0.39 is 31.9 Å². The van der Waals surface area contributed by atoms with E-state index in [0.29, 0.717) is 9.87 Å². The minimum absolute atomic E-state index is 0.000206. The zero-order valence-electron chi connectivity index (χ0n) is 14.8. The summed E-state index contributed by atoms with van der Waals surface area (Å²) in [6.07, 6.45) is -0.124. The molecule has 3 rings (SSSR count). The van der Waals surface area contributed by atoms with E-state index in [2.05, 4.69) is 5.32 Å². The van der Waals surface area contributed by atoms with Gasteiger partial charge in [-0.15, -0.1) is 0 Å². The van der Waals surface area contributed by atoms with Crippen LogP contribution in [0.15, 0.2) is 47.4 Å². The molecular weight excluding hydrogens is 442 g/mol. The van der Waals surface area contributed by atoms with Crippen LogP contribution in [0.5, 0.6) is 0 Å². The van der Waals surface area contributed by atoms with Crippen LogP contribution in [0.3, 0.4) is 0 Å². The third kappa shape index (κ3) is 4.58. The molecular formula is C17H16ClN3O6S2. The molecule has 0 spiro atoms. The number of halogens is 1. The topological polar surface area (TPSA) is 144 Å². The number of hydrogen-bond donors (Lipinski definition) is 2. The number of nitrogens with two attached hydrogens (primary N) is 1. The largest absolute Gasteiger partial charge is 0.348 e. The van der Waals surface area contributed by atoms with E-state index in [0.717, 1.165) is 0 Å². The van der Waals surface area contributed by atoms with Crippen molar-refractivity contribution < 1.29 is 26.4 Å². The van der Waals surface area contributed by atoms with E-state index in [-0.39, 0.29) is 39.9 Å². The maximum atomic E-state index is 12.5. The van der Waals surface area contributed by atoms with Crippen molar-refractivity contribution in [3.8, 4) is 0 Å². The summed E-state index contributed by atoms with van der Waals surface area (Å²) < 4.78 is 47.3. The van der Waals surface area contributed by atoms with Crippen LogP contribution in [0.25, 0.3) is 0 Å². The van der Waals surface area contributed by atoms with Crippen LogP contribution in [0, 0.1) is 0 Å². The maximum absolute atomic E-state index is 12.5. The van der Waals surface area contributed by atoms with Gasteiger partial charge in [-0.05, 0) is 35.9 Å². The molecule has 12 heteroatoms. The molecule has 1 heterocycles. The van der Waals surface area contributed by atoms with Gasteiger partial charge in [0, 0.05) is 13.0 Å². The number of sulfonamides is 2. The third-order valence-corrected chi connectivity index (χ3v) is 7.16. The lowest BCUT2D eigenvalue weighted by atomic mass is 10.1. The monoisotopic (exact) mass is 457 g/mol. The Kier molecular flexibility index (Phi) is 5.68. The molecule has 0 atom stereocenters. The standard InChI is InChI=1S/C17H16ClN3O6S2/c18-15-6-3-12(21-16(22)7-8-28(21,24)25)9-14(15)17(23)20-10-11-1-4-13(5-2-11)29(19,26)27/h1-6,9H,7-8,10H2,(H,20,23)(H2,19,26,27). The number of anilines is 1. The number of hydrogen-bond acceptors (Lipinski definition) is 6. The van der Waals surface area contributed by atoms with Crippen molar-refractivity contribution in [1.29, 1.82) is 0 Å². The zero-order valence-corrected chi connectivity index (χ0v) is 17.2. The molecule has 0 bridgehead atoms. The van der Waals surface area contributed by atoms with Gasteiger partial charge in [-0.3, -0.25) is 9.59 Å². The van der Waals surface area contributed by atoms with Gasteiger partial charge in [0.25, 0.3) is 5.91 Å². The van der Waals surface area contributed by atoms with E-state index in [4.69, 9.17) is 16.7 Å². The number of rotatable bonds is 5. The van der Waals surface area contributed by atoms with Crippen molar-refractivity contribution in [2.45, 2.75) is 17.9 Å². The summed E-state index contributed by atoms with van der Waals surface area (Å²) in [5, 5.41) is 7.72. The Morgan fingerprint density at radius 1 is 1.17 bits per heavy atom. The van der Waals surface area contributed by atoms with Gasteiger partial charge in [-0.1, -0.05) is 23.7 Å². The van der Waals surface area contributed by atoms with Crippen molar-refractivity contribution in [3.63, 3.8) is 0 Å². The fourth-order valence-electron chi connectivity index (χ4n) is 2.76. The maximum Gasteiger partial charge on any atom is 0.253 e. The Morgan fingerprint density at radius 2 is 1.83 bits per heavy atom. The summed E-state index contributed by atoms with van der Waals surface area (Å²) >= 11 is 6.06. The lowest BCUT2D eigenvalue weighted by Gasteiger charge is -2.16. The van der Waals surface area contributed by atoms with Crippen LogP contribution >= 0.6 is 11.6 Å². The molecule has 0 aromatic heterocycles. The highest BCUT2D eigenvalue weighted by molar-refractivity contribution is 7.94. The van der Waals surface area contributed by atoms with Gasteiger partial charge in [0.1, 0.15) is 0 Å². The van der Waals surface area contributed by atoms with E-state index in [1.807, 2.05) is 0 Å². The van der Waals surface area contributed by atoms with Gasteiger partial charge >= 0.3 is 0 Å². The van der Waals surface area contributed by atoms with Gasteiger partial charge in [-0.2, -0.15) is 0 Å². The average molecular weight is 458 g/mol. The van der Waals surface area contributed by atoms with Crippen LogP contribution in [-0.4, -0.2) is 34.4 Å². The Bertz CT molecular complexity index is 1190. The smallest absolute Gasteiger partial charge is 0.253 e. The van der Waals surface area contributed by atoms with Gasteiger partial charge in [0.15, 0.2) is 0 Å². The van der Waals surface area contributed by atoms with Crippen molar-refractivity contribution in [2.75, 3.05) is 10.1 Å². The fourth-order valence-corrected chi connectivity index (χ4v) is 4.93. The first-order valence-corrected chi connectivity index (χ1v) is 11.8. The van der Waals surface area contributed by atoms with Gasteiger partial charge in [-0.25, -0.2) is 26.3 Å². The normalized spacial score (nSPS) is 16.1. The number of primary sulfonamides is 1. The van der Waals surface area contributed by atoms with Crippen LogP contribution in [0.4, 0.5) is 5.69 Å². The third-order valence-electron chi connectivity index (χ3n) is 4.21. The lowest BCUT2D eigenvalue weighted by Crippen LogP contribution is -2.30. The van der Waals surface area contributed by atoms with E-state index in [9.17, 15) is 26.4 Å². The van der Waals surface area contributed by atoms with Crippen molar-refractivity contribution in [1.82, 2.24) is 5.32 Å². The average Bonchev–Trinajstić information content (AvgIpc) is 2.92. The molecule has 1 saturated heterocycles. The second-order valence-electron chi connectivity index (χ2n) is 6.26. The Balaban J connectivity index is 1.78. The molecule has 29 heavy (non-hydrogen) atoms. The first kappa shape index (κ1) is 21.2. The van der Waals surface area contributed by atoms with Gasteiger partial charge < -0.3 is 5.32 Å². The number of carbonyl (C=O) groups is 2. The van der Waals surface area contributed by atoms with Gasteiger partial charge in [0.2, 0.25) is 26.0 Å². The van der Waals surface area contributed by atoms with Crippen molar-refractivity contribution >= 4 is 49.1 Å². The second kappa shape index (κ2) is 7.75. The Hall–Kier alpha value is -2.47. The number of benzene rings is 2. The summed E-state index contributed by atoms with van der Waals surface area (Å²) in [5.41, 5.74) is 0.648. The molecule has 2 aromatic carbocycles. The van der Waals surface area contributed by atoms with Crippen molar-refractivity contribution in [2.24, 2.45) is 5.14 Å². The summed E-state index contributed by atoms with van der Waals surface area (Å²) in [4.78, 5) is 24.4. The van der Waals surface area contributed by atoms with E-state index >= 15 is 0 Å². The molecule has 0 saturated carbocycles. The summed E-state index contributed by atoms with van der Waals surface area (Å²) in [6.45, 7) is 0.0607. The minimum atomic E-state index is -3.81. The highest BCUT2D eigenvalue weighted by atomic mass is 35.5. The van der Waals surface area contributed by atoms with E-state index in [1.54, 1.807) is 0 Å². The molecule has 2 amide bonds. The quantitative estimate of drug-likeness (QED) is 0.684. The zero-order chi connectivity index (χ0) is 21.4. The predicted octanol–water partition coefficient (Wildman–Crippen LogP) is 0.984. The molecule has 1 aliphatic rings. The molecule has 0 radical (unpaired) electrons. The minimum Gasteiger partial charge on any atom is -0.348 e. The van der Waals surface area contributed by atoms with Gasteiger partial charge in [0.05, 0.1) is 26.9 Å². The Labute approximate surface area is 172 Å². The van der Waals surface area contributed by atoms with E-state index in [1.165, 1.54) is 42.5 Å². The number of carbonyl (C=O) groups excluding carboxylic acids is 2. The molecule has 2 aromatic rings. The number of nitrogens with one attached hydrogen (secondary N) is 1. The molecule has 1 aliphatic heterocycles. The van der Waals surface area contributed by atoms with Crippen molar-refractivity contribution in [3.05, 3.63) is 58.6 Å². The van der Waals surface area contributed by atoms with Crippen LogP contribution in [0.1, 0.15) is 22.3 Å². The highest BCUT2D eigenvalue weighted by Crippen LogP contribution is 2.29. The summed E-state index contributed by atoms with van der Waals surface area (Å²) in [6, 6.07) is 9.55. The molecule has 9 nitrogen and oxygen atoms in total. The highest BCUT2D eigenvalue weighted by Gasteiger charge is 2.36. The van der Waals surface area contributed by atoms with Crippen LogP contribution in [-0.2, 0) is 31.4 Å². The molecule has 1 fully saturated rings. The predicted molar refractivity (Wildman–Crippen MR) is 106 cm³/mol. The Morgan fingerprint density at radius 3 is 2.38 bits per heavy atom. The second-order valence-corrected chi connectivity index (χ2v) is 10.2. The molecule has 0 unspecified atom stereocenters. The molecule has 154 valence electrons. The van der Waals surface area contributed by atoms with Crippen LogP contribution in [0.2, 0.25) is 5.02 Å². The SMILES string of the molecule is NS(=O)(=O)c1ccc(CNC(=O)c2cc(N3C(=O)CCS3(=O)=O)ccc2Cl)cc1. The first-order chi connectivity index (χ1) is 13.5. The first-order valence-electron chi connectivity index (χ1n) is 8.24. The lowest BCUT2D eigenvalue weighted by molar-refractivity contribution is -0.116. The van der Waals surface area contributed by atoms with Crippen LogP contribution < -0.4 is 14.8 Å².